The Kier molecular flexibility index (Phi) is 3.23. The van der Waals surface area contributed by atoms with E-state index in [0.29, 0.717) is 0 Å². The molecule has 0 bridgehead atoms. The number of tetrazole rings is 1. The topological polar surface area (TPSA) is 78.9 Å². The Morgan fingerprint density at radius 1 is 1.43 bits per heavy atom. The van der Waals surface area contributed by atoms with Gasteiger partial charge in [0.15, 0.2) is 0 Å². The highest BCUT2D eigenvalue weighted by atomic mass is 19.4. The van der Waals surface area contributed by atoms with E-state index in [2.05, 4.69) is 20.3 Å². The van der Waals surface area contributed by atoms with Crippen molar-refractivity contribution in [3.8, 4) is 0 Å². The molecule has 1 heterocycles. The van der Waals surface area contributed by atoms with Gasteiger partial charge in [0.1, 0.15) is 6.61 Å². The molecule has 0 atom stereocenters. The fraction of sp³-hybridized carbons (Fsp3) is 0.800. The Morgan fingerprint density at radius 2 is 2.14 bits per heavy atom. The van der Waals surface area contributed by atoms with Gasteiger partial charge >= 0.3 is 6.18 Å². The normalized spacial score (nSPS) is 11.9. The van der Waals surface area contributed by atoms with Crippen LogP contribution < -0.4 is 5.73 Å². The highest BCUT2D eigenvalue weighted by Gasteiger charge is 2.27. The number of ether oxygens (including phenoxy) is 1. The van der Waals surface area contributed by atoms with Crippen LogP contribution in [0.4, 0.5) is 19.1 Å². The molecule has 1 aromatic heterocycles. The van der Waals surface area contributed by atoms with E-state index in [1.54, 1.807) is 0 Å². The molecule has 0 fully saturated rings. The van der Waals surface area contributed by atoms with E-state index in [4.69, 9.17) is 5.73 Å². The zero-order valence-electron chi connectivity index (χ0n) is 7.03. The second kappa shape index (κ2) is 4.22. The minimum absolute atomic E-state index is 0.0422. The average Bonchev–Trinajstić information content (AvgIpc) is 2.44. The maximum absolute atomic E-state index is 11.6. The minimum Gasteiger partial charge on any atom is -0.370 e. The third-order valence-corrected chi connectivity index (χ3v) is 1.27. The third kappa shape index (κ3) is 3.56. The first-order valence-corrected chi connectivity index (χ1v) is 3.65. The lowest BCUT2D eigenvalue weighted by Gasteiger charge is -2.07. The van der Waals surface area contributed by atoms with E-state index in [9.17, 15) is 13.2 Å². The number of nitrogen functional groups attached to an aromatic ring is 1. The first kappa shape index (κ1) is 10.7. The Hall–Kier alpha value is -1.38. The molecule has 9 heteroatoms. The van der Waals surface area contributed by atoms with Crippen LogP contribution in [-0.2, 0) is 11.3 Å². The van der Waals surface area contributed by atoms with Crippen molar-refractivity contribution in [1.82, 2.24) is 20.2 Å². The van der Waals surface area contributed by atoms with Crippen molar-refractivity contribution in [1.29, 1.82) is 0 Å². The lowest BCUT2D eigenvalue weighted by atomic mass is 10.6. The lowest BCUT2D eigenvalue weighted by Crippen LogP contribution is -2.19. The number of rotatable bonds is 4. The molecule has 0 aliphatic rings. The van der Waals surface area contributed by atoms with E-state index in [-0.39, 0.29) is 19.1 Å². The van der Waals surface area contributed by atoms with Crippen LogP contribution in [0.5, 0.6) is 0 Å². The molecule has 0 unspecified atom stereocenters. The smallest absolute Gasteiger partial charge is 0.370 e. The van der Waals surface area contributed by atoms with Crippen LogP contribution >= 0.6 is 0 Å². The number of alkyl halides is 3. The number of aromatic nitrogens is 4. The molecule has 0 aliphatic carbocycles. The summed E-state index contributed by atoms with van der Waals surface area (Å²) in [7, 11) is 0. The zero-order valence-corrected chi connectivity index (χ0v) is 7.03. The average molecular weight is 211 g/mol. The van der Waals surface area contributed by atoms with Gasteiger partial charge in [-0.15, -0.1) is 0 Å². The summed E-state index contributed by atoms with van der Waals surface area (Å²) in [4.78, 5) is 0. The molecule has 14 heavy (non-hydrogen) atoms. The van der Waals surface area contributed by atoms with Gasteiger partial charge in [-0.25, -0.2) is 4.68 Å². The van der Waals surface area contributed by atoms with Crippen molar-refractivity contribution < 1.29 is 17.9 Å². The molecule has 0 saturated heterocycles. The predicted molar refractivity (Wildman–Crippen MR) is 39.1 cm³/mol. The number of hydrogen-bond donors (Lipinski definition) is 1. The van der Waals surface area contributed by atoms with Crippen molar-refractivity contribution in [3.63, 3.8) is 0 Å². The highest BCUT2D eigenvalue weighted by molar-refractivity contribution is 5.09. The highest BCUT2D eigenvalue weighted by Crippen LogP contribution is 2.14. The summed E-state index contributed by atoms with van der Waals surface area (Å²) in [5.74, 6) is 0.0422. The van der Waals surface area contributed by atoms with Gasteiger partial charge in [-0.1, -0.05) is 5.10 Å². The summed E-state index contributed by atoms with van der Waals surface area (Å²) < 4.78 is 40.3. The van der Waals surface area contributed by atoms with Crippen molar-refractivity contribution in [2.24, 2.45) is 0 Å². The maximum atomic E-state index is 11.6. The van der Waals surface area contributed by atoms with Gasteiger partial charge in [0.25, 0.3) is 0 Å². The van der Waals surface area contributed by atoms with Crippen molar-refractivity contribution in [3.05, 3.63) is 0 Å². The summed E-state index contributed by atoms with van der Waals surface area (Å²) in [6.07, 6.45) is -4.31. The molecule has 1 aromatic rings. The van der Waals surface area contributed by atoms with E-state index < -0.39 is 12.8 Å². The summed E-state index contributed by atoms with van der Waals surface area (Å²) >= 11 is 0. The zero-order chi connectivity index (χ0) is 10.6. The predicted octanol–water partition coefficient (Wildman–Crippen LogP) is -0.166. The van der Waals surface area contributed by atoms with Crippen LogP contribution in [-0.4, -0.2) is 39.6 Å². The lowest BCUT2D eigenvalue weighted by molar-refractivity contribution is -0.174. The summed E-state index contributed by atoms with van der Waals surface area (Å²) in [6, 6.07) is 0. The molecule has 80 valence electrons. The van der Waals surface area contributed by atoms with Gasteiger partial charge in [-0.05, 0) is 10.4 Å². The first-order chi connectivity index (χ1) is 6.49. The van der Waals surface area contributed by atoms with E-state index in [1.165, 1.54) is 0 Å². The summed E-state index contributed by atoms with van der Waals surface area (Å²) in [5.41, 5.74) is 5.26. The second-order valence-electron chi connectivity index (χ2n) is 2.43. The third-order valence-electron chi connectivity index (χ3n) is 1.27. The molecule has 6 nitrogen and oxygen atoms in total. The van der Waals surface area contributed by atoms with Crippen molar-refractivity contribution in [2.75, 3.05) is 18.9 Å². The van der Waals surface area contributed by atoms with Gasteiger partial charge in [0, 0.05) is 0 Å². The number of hydrogen-bond acceptors (Lipinski definition) is 5. The Balaban J connectivity index is 2.20. The standard InChI is InChI=1S/C5H8F3N5O/c6-5(7,8)3-14-2-1-13-4(9)10-11-12-13/h1-3H2,(H2,9,10,12). The number of anilines is 1. The molecule has 0 aliphatic heterocycles. The molecule has 0 amide bonds. The number of halogens is 3. The van der Waals surface area contributed by atoms with Crippen molar-refractivity contribution >= 4 is 5.95 Å². The Bertz CT molecular complexity index is 285. The van der Waals surface area contributed by atoms with Crippen LogP contribution in [0.3, 0.4) is 0 Å². The summed E-state index contributed by atoms with van der Waals surface area (Å²) in [5, 5.41) is 9.97. The van der Waals surface area contributed by atoms with Gasteiger partial charge in [-0.2, -0.15) is 13.2 Å². The van der Waals surface area contributed by atoms with E-state index >= 15 is 0 Å². The van der Waals surface area contributed by atoms with Crippen LogP contribution in [0.1, 0.15) is 0 Å². The maximum Gasteiger partial charge on any atom is 0.411 e. The summed E-state index contributed by atoms with van der Waals surface area (Å²) in [6.45, 7) is -1.33. The molecule has 0 aromatic carbocycles. The molecular formula is C5H8F3N5O. The Morgan fingerprint density at radius 3 is 2.64 bits per heavy atom. The SMILES string of the molecule is Nc1nnnn1CCOCC(F)(F)F. The number of nitrogens with two attached hydrogens (primary N) is 1. The fourth-order valence-corrected chi connectivity index (χ4v) is 0.710. The minimum atomic E-state index is -4.31. The molecule has 1 rings (SSSR count). The van der Waals surface area contributed by atoms with Crippen LogP contribution in [0.25, 0.3) is 0 Å². The number of nitrogens with zero attached hydrogens (tertiary/aromatic N) is 4. The fourth-order valence-electron chi connectivity index (χ4n) is 0.710. The largest absolute Gasteiger partial charge is 0.411 e. The van der Waals surface area contributed by atoms with Crippen molar-refractivity contribution in [2.45, 2.75) is 12.7 Å². The second-order valence-corrected chi connectivity index (χ2v) is 2.43. The quantitative estimate of drug-likeness (QED) is 0.699. The molecule has 2 N–H and O–H groups in total. The van der Waals surface area contributed by atoms with E-state index in [0.717, 1.165) is 4.68 Å². The molecule has 0 radical (unpaired) electrons. The van der Waals surface area contributed by atoms with Gasteiger partial charge in [-0.3, -0.25) is 0 Å². The van der Waals surface area contributed by atoms with Gasteiger partial charge in [0.2, 0.25) is 5.95 Å². The Labute approximate surface area is 76.8 Å². The van der Waals surface area contributed by atoms with Crippen LogP contribution in [0, 0.1) is 0 Å². The molecule has 0 saturated carbocycles. The van der Waals surface area contributed by atoms with Gasteiger partial charge in [0.05, 0.1) is 13.2 Å². The van der Waals surface area contributed by atoms with Crippen LogP contribution in [0.2, 0.25) is 0 Å². The first-order valence-electron chi connectivity index (χ1n) is 3.65. The molecule has 0 spiro atoms. The van der Waals surface area contributed by atoms with Crippen LogP contribution in [0.15, 0.2) is 0 Å². The van der Waals surface area contributed by atoms with E-state index in [1.807, 2.05) is 0 Å². The van der Waals surface area contributed by atoms with Gasteiger partial charge < -0.3 is 10.5 Å². The monoisotopic (exact) mass is 211 g/mol. The molecular weight excluding hydrogens is 203 g/mol.